The van der Waals surface area contributed by atoms with Crippen molar-refractivity contribution in [2.75, 3.05) is 6.61 Å². The van der Waals surface area contributed by atoms with E-state index in [4.69, 9.17) is 0 Å². The van der Waals surface area contributed by atoms with Crippen LogP contribution in [0.4, 0.5) is 13.2 Å². The molecule has 0 unspecified atom stereocenters. The molecule has 0 aromatic carbocycles. The van der Waals surface area contributed by atoms with Crippen molar-refractivity contribution in [3.8, 4) is 5.88 Å². The molecule has 1 heterocycles. The zero-order chi connectivity index (χ0) is 15.3. The number of nitrogens with one attached hydrogen (secondary N) is 1. The molecule has 9 heteroatoms. The van der Waals surface area contributed by atoms with Gasteiger partial charge in [0.1, 0.15) is 0 Å². The number of aromatic amines is 1. The fourth-order valence-corrected chi connectivity index (χ4v) is 1.84. The maximum absolute atomic E-state index is 12.3. The van der Waals surface area contributed by atoms with Crippen LogP contribution in [0.15, 0.2) is 11.0 Å². The summed E-state index contributed by atoms with van der Waals surface area (Å²) < 4.78 is 45.1. The van der Waals surface area contributed by atoms with Crippen LogP contribution in [0.3, 0.4) is 0 Å². The Bertz CT molecular complexity index is 541. The molecule has 112 valence electrons. The number of pyridine rings is 1. The lowest BCUT2D eigenvalue weighted by molar-refractivity contribution is -0.276. The second-order valence-electron chi connectivity index (χ2n) is 3.61. The monoisotopic (exact) mass is 357 g/mol. The van der Waals surface area contributed by atoms with Gasteiger partial charge in [-0.1, -0.05) is 15.9 Å². The van der Waals surface area contributed by atoms with Gasteiger partial charge in [-0.05, 0) is 6.92 Å². The topological polar surface area (TPSA) is 68.4 Å². The highest BCUT2D eigenvalue weighted by molar-refractivity contribution is 9.08. The summed E-state index contributed by atoms with van der Waals surface area (Å²) in [5.41, 5.74) is -0.940. The molecule has 0 spiro atoms. The van der Waals surface area contributed by atoms with Crippen LogP contribution < -0.4 is 10.2 Å². The minimum atomic E-state index is -4.97. The molecule has 1 aromatic heterocycles. The Balaban J connectivity index is 3.20. The molecule has 0 saturated carbocycles. The molecule has 1 rings (SSSR count). The lowest BCUT2D eigenvalue weighted by atomic mass is 10.1. The predicted molar refractivity (Wildman–Crippen MR) is 66.7 cm³/mol. The lowest BCUT2D eigenvalue weighted by Gasteiger charge is -2.13. The molecular weight excluding hydrogens is 347 g/mol. The standard InChI is InChI=1S/C11H11BrF3NO4/c1-2-19-8(17)3-7-9(18)6(4-12)5-16-10(7)20-11(13,14)15/h5H,2-4H2,1H3,(H,16,18). The summed E-state index contributed by atoms with van der Waals surface area (Å²) in [5.74, 6) is -1.61. The fourth-order valence-electron chi connectivity index (χ4n) is 1.43. The van der Waals surface area contributed by atoms with Crippen LogP contribution in [0.5, 0.6) is 5.88 Å². The zero-order valence-corrected chi connectivity index (χ0v) is 11.9. The summed E-state index contributed by atoms with van der Waals surface area (Å²) in [7, 11) is 0. The number of carbonyl (C=O) groups excluding carboxylic acids is 1. The van der Waals surface area contributed by atoms with Crippen LogP contribution in [0.2, 0.25) is 0 Å². The second-order valence-corrected chi connectivity index (χ2v) is 4.17. The van der Waals surface area contributed by atoms with Gasteiger partial charge in [0, 0.05) is 17.1 Å². The van der Waals surface area contributed by atoms with Gasteiger partial charge in [-0.2, -0.15) is 0 Å². The van der Waals surface area contributed by atoms with Crippen molar-refractivity contribution in [1.29, 1.82) is 0 Å². The van der Waals surface area contributed by atoms with E-state index in [1.165, 1.54) is 0 Å². The van der Waals surface area contributed by atoms with E-state index >= 15 is 0 Å². The maximum Gasteiger partial charge on any atom is 0.574 e. The van der Waals surface area contributed by atoms with Gasteiger partial charge in [0.05, 0.1) is 18.6 Å². The Hall–Kier alpha value is -1.51. The normalized spacial score (nSPS) is 11.2. The van der Waals surface area contributed by atoms with Crippen LogP contribution in [0.25, 0.3) is 0 Å². The first-order valence-corrected chi connectivity index (χ1v) is 6.61. The maximum atomic E-state index is 12.3. The van der Waals surface area contributed by atoms with Crippen LogP contribution in [0, 0.1) is 0 Å². The van der Waals surface area contributed by atoms with Crippen molar-refractivity contribution >= 4 is 21.9 Å². The largest absolute Gasteiger partial charge is 0.574 e. The van der Waals surface area contributed by atoms with Crippen molar-refractivity contribution in [2.24, 2.45) is 0 Å². The number of aromatic nitrogens is 1. The summed E-state index contributed by atoms with van der Waals surface area (Å²) >= 11 is 3.03. The molecule has 0 aliphatic rings. The van der Waals surface area contributed by atoms with E-state index in [9.17, 15) is 22.8 Å². The van der Waals surface area contributed by atoms with E-state index in [1.54, 1.807) is 6.92 Å². The minimum Gasteiger partial charge on any atom is -0.466 e. The van der Waals surface area contributed by atoms with E-state index in [0.717, 1.165) is 6.20 Å². The molecule has 0 atom stereocenters. The van der Waals surface area contributed by atoms with Crippen molar-refractivity contribution < 1.29 is 27.4 Å². The fraction of sp³-hybridized carbons (Fsp3) is 0.455. The van der Waals surface area contributed by atoms with Gasteiger partial charge in [0.2, 0.25) is 5.88 Å². The average Bonchev–Trinajstić information content (AvgIpc) is 2.32. The Morgan fingerprint density at radius 1 is 1.45 bits per heavy atom. The van der Waals surface area contributed by atoms with Crippen LogP contribution in [-0.2, 0) is 21.3 Å². The highest BCUT2D eigenvalue weighted by Crippen LogP contribution is 2.23. The van der Waals surface area contributed by atoms with E-state index in [0.29, 0.717) is 0 Å². The predicted octanol–water partition coefficient (Wildman–Crippen LogP) is 2.27. The van der Waals surface area contributed by atoms with Crippen LogP contribution >= 0.6 is 15.9 Å². The highest BCUT2D eigenvalue weighted by Gasteiger charge is 2.33. The van der Waals surface area contributed by atoms with E-state index in [2.05, 4.69) is 30.4 Å². The number of hydrogen-bond acceptors (Lipinski definition) is 4. The second kappa shape index (κ2) is 6.78. The first kappa shape index (κ1) is 16.5. The summed E-state index contributed by atoms with van der Waals surface area (Å²) in [6.07, 6.45) is -4.48. The summed E-state index contributed by atoms with van der Waals surface area (Å²) in [6.45, 7) is 1.61. The number of rotatable bonds is 5. The molecule has 0 saturated heterocycles. The first-order valence-electron chi connectivity index (χ1n) is 5.49. The van der Waals surface area contributed by atoms with Crippen LogP contribution in [0.1, 0.15) is 18.1 Å². The third-order valence-corrected chi connectivity index (χ3v) is 2.81. The van der Waals surface area contributed by atoms with Crippen molar-refractivity contribution in [3.63, 3.8) is 0 Å². The zero-order valence-electron chi connectivity index (χ0n) is 10.3. The Morgan fingerprint density at radius 2 is 2.10 bits per heavy atom. The van der Waals surface area contributed by atoms with Gasteiger partial charge < -0.3 is 14.5 Å². The average molecular weight is 358 g/mol. The minimum absolute atomic E-state index is 0.0599. The van der Waals surface area contributed by atoms with Crippen LogP contribution in [-0.4, -0.2) is 23.9 Å². The molecule has 0 aliphatic heterocycles. The van der Waals surface area contributed by atoms with Gasteiger partial charge in [-0.3, -0.25) is 9.59 Å². The van der Waals surface area contributed by atoms with E-state index in [-0.39, 0.29) is 17.5 Å². The molecule has 20 heavy (non-hydrogen) atoms. The van der Waals surface area contributed by atoms with E-state index < -0.39 is 35.6 Å². The quantitative estimate of drug-likeness (QED) is 0.648. The molecule has 1 N–H and O–H groups in total. The molecule has 0 aliphatic carbocycles. The van der Waals surface area contributed by atoms with Crippen molar-refractivity contribution in [3.05, 3.63) is 27.5 Å². The Labute approximate surface area is 120 Å². The molecule has 0 amide bonds. The molecule has 0 radical (unpaired) electrons. The van der Waals surface area contributed by atoms with E-state index in [1.807, 2.05) is 0 Å². The van der Waals surface area contributed by atoms with Gasteiger partial charge in [-0.15, -0.1) is 13.2 Å². The molecule has 5 nitrogen and oxygen atoms in total. The van der Waals surface area contributed by atoms with Crippen molar-refractivity contribution in [2.45, 2.75) is 25.0 Å². The number of halogens is 4. The Morgan fingerprint density at radius 3 is 2.60 bits per heavy atom. The number of alkyl halides is 4. The summed E-state index contributed by atoms with van der Waals surface area (Å²) in [4.78, 5) is 25.5. The Kier molecular flexibility index (Phi) is 5.61. The lowest BCUT2D eigenvalue weighted by Crippen LogP contribution is -2.25. The third kappa shape index (κ3) is 4.55. The molecule has 1 aromatic rings. The highest BCUT2D eigenvalue weighted by atomic mass is 79.9. The smallest absolute Gasteiger partial charge is 0.466 e. The number of ether oxygens (including phenoxy) is 2. The number of hydrogen-bond donors (Lipinski definition) is 1. The summed E-state index contributed by atoms with van der Waals surface area (Å²) in [6, 6.07) is 0. The molecular formula is C11H11BrF3NO4. The van der Waals surface area contributed by atoms with Crippen molar-refractivity contribution in [1.82, 2.24) is 4.98 Å². The third-order valence-electron chi connectivity index (χ3n) is 2.21. The summed E-state index contributed by atoms with van der Waals surface area (Å²) in [5, 5.41) is 0.129. The number of carbonyl (C=O) groups is 1. The van der Waals surface area contributed by atoms with Gasteiger partial charge in [0.15, 0.2) is 5.43 Å². The number of esters is 1. The van der Waals surface area contributed by atoms with Gasteiger partial charge in [0.25, 0.3) is 0 Å². The van der Waals surface area contributed by atoms with Gasteiger partial charge >= 0.3 is 12.3 Å². The molecule has 0 fully saturated rings. The van der Waals surface area contributed by atoms with Gasteiger partial charge in [-0.25, -0.2) is 0 Å². The SMILES string of the molecule is CCOC(=O)Cc1c(OC(F)(F)F)[nH]cc(CBr)c1=O. The first-order chi connectivity index (χ1) is 9.28. The number of H-pyrrole nitrogens is 1. The molecule has 0 bridgehead atoms.